The predicted octanol–water partition coefficient (Wildman–Crippen LogP) is 3.09. The van der Waals surface area contributed by atoms with Gasteiger partial charge in [-0.3, -0.25) is 0 Å². The molecule has 0 saturated carbocycles. The maximum atomic E-state index is 5.84. The number of aromatic nitrogens is 4. The third kappa shape index (κ3) is 4.04. The average molecular weight is 297 g/mol. The first-order chi connectivity index (χ1) is 9.06. The van der Waals surface area contributed by atoms with Crippen LogP contribution in [0.1, 0.15) is 18.2 Å². The first-order valence-corrected chi connectivity index (χ1v) is 6.94. The molecule has 0 saturated heterocycles. The maximum absolute atomic E-state index is 5.84. The van der Waals surface area contributed by atoms with Gasteiger partial charge in [0.05, 0.1) is 6.61 Å². The Morgan fingerprint density at radius 3 is 2.63 bits per heavy atom. The zero-order chi connectivity index (χ0) is 13.8. The molecule has 0 N–H and O–H groups in total. The lowest BCUT2D eigenvalue weighted by molar-refractivity contribution is 0.307. The minimum absolute atomic E-state index is 0.116. The van der Waals surface area contributed by atoms with Gasteiger partial charge in [0.25, 0.3) is 0 Å². The van der Waals surface area contributed by atoms with Crippen LogP contribution in [0.3, 0.4) is 0 Å². The first-order valence-electron chi connectivity index (χ1n) is 5.74. The van der Waals surface area contributed by atoms with Crippen molar-refractivity contribution >= 4 is 23.4 Å². The van der Waals surface area contributed by atoms with Gasteiger partial charge in [0, 0.05) is 5.69 Å². The first kappa shape index (κ1) is 14.0. The van der Waals surface area contributed by atoms with E-state index in [1.165, 1.54) is 11.8 Å². The smallest absolute Gasteiger partial charge is 0.321 e. The van der Waals surface area contributed by atoms with E-state index in [1.807, 2.05) is 32.9 Å². The molecule has 7 heteroatoms. The Morgan fingerprint density at radius 2 is 1.95 bits per heavy atom. The molecule has 0 aliphatic carbocycles. The molecule has 0 aliphatic rings. The van der Waals surface area contributed by atoms with Crippen LogP contribution < -0.4 is 4.74 Å². The molecule has 2 rings (SSSR count). The van der Waals surface area contributed by atoms with Crippen LogP contribution in [0.2, 0.25) is 5.28 Å². The minimum Gasteiger partial charge on any atom is -0.464 e. The lowest BCUT2D eigenvalue weighted by atomic mass is 10.3. The van der Waals surface area contributed by atoms with Crippen LogP contribution in [-0.4, -0.2) is 26.5 Å². The summed E-state index contributed by atoms with van der Waals surface area (Å²) in [4.78, 5) is 16.5. The number of pyridine rings is 1. The number of hydrogen-bond donors (Lipinski definition) is 0. The van der Waals surface area contributed by atoms with Crippen molar-refractivity contribution in [3.8, 4) is 6.01 Å². The monoisotopic (exact) mass is 296 g/mol. The standard InChI is InChI=1S/C12H13ClN4OS/c1-4-18-11-15-10(13)16-12(17-11)19-9-6-7(2)5-8(3)14-9/h5-6H,4H2,1-3H3. The number of nitrogens with zero attached hydrogens (tertiary/aromatic N) is 4. The second-order valence-corrected chi connectivity index (χ2v) is 5.15. The Labute approximate surface area is 120 Å². The number of hydrogen-bond acceptors (Lipinski definition) is 6. The van der Waals surface area contributed by atoms with Gasteiger partial charge in [-0.1, -0.05) is 0 Å². The number of aryl methyl sites for hydroxylation is 2. The van der Waals surface area contributed by atoms with Gasteiger partial charge in [-0.25, -0.2) is 4.98 Å². The summed E-state index contributed by atoms with van der Waals surface area (Å²) in [6.45, 7) is 6.30. The summed E-state index contributed by atoms with van der Waals surface area (Å²) in [5, 5.41) is 1.41. The Hall–Kier alpha value is -1.40. The minimum atomic E-state index is 0.116. The van der Waals surface area contributed by atoms with E-state index in [1.54, 1.807) is 0 Å². The SMILES string of the molecule is CCOc1nc(Cl)nc(Sc2cc(C)cc(C)n2)n1. The van der Waals surface area contributed by atoms with Gasteiger partial charge >= 0.3 is 6.01 Å². The third-order valence-electron chi connectivity index (χ3n) is 2.11. The van der Waals surface area contributed by atoms with Crippen LogP contribution in [0.5, 0.6) is 6.01 Å². The number of rotatable bonds is 4. The van der Waals surface area contributed by atoms with Gasteiger partial charge in [0.1, 0.15) is 5.03 Å². The highest BCUT2D eigenvalue weighted by Gasteiger charge is 2.09. The van der Waals surface area contributed by atoms with Crippen molar-refractivity contribution in [2.75, 3.05) is 6.61 Å². The quantitative estimate of drug-likeness (QED) is 0.864. The molecule has 0 aliphatic heterocycles. The molecule has 100 valence electrons. The van der Waals surface area contributed by atoms with Crippen LogP contribution in [0.15, 0.2) is 22.3 Å². The summed E-state index contributed by atoms with van der Waals surface area (Å²) in [6.07, 6.45) is 0. The van der Waals surface area contributed by atoms with Crippen LogP contribution in [0.25, 0.3) is 0 Å². The van der Waals surface area contributed by atoms with Gasteiger partial charge in [-0.2, -0.15) is 15.0 Å². The third-order valence-corrected chi connectivity index (χ3v) is 3.06. The lowest BCUT2D eigenvalue weighted by Crippen LogP contribution is -2.00. The highest BCUT2D eigenvalue weighted by Crippen LogP contribution is 2.25. The summed E-state index contributed by atoms with van der Waals surface area (Å²) in [5.74, 6) is 0. The molecule has 19 heavy (non-hydrogen) atoms. The molecule has 2 aromatic rings. The topological polar surface area (TPSA) is 60.8 Å². The van der Waals surface area contributed by atoms with Crippen molar-refractivity contribution in [3.63, 3.8) is 0 Å². The maximum Gasteiger partial charge on any atom is 0.321 e. The molecule has 5 nitrogen and oxygen atoms in total. The average Bonchev–Trinajstić information content (AvgIpc) is 2.26. The molecule has 0 bridgehead atoms. The zero-order valence-corrected chi connectivity index (χ0v) is 12.4. The number of halogens is 1. The van der Waals surface area contributed by atoms with Crippen molar-refractivity contribution in [3.05, 3.63) is 28.7 Å². The van der Waals surface area contributed by atoms with Crippen molar-refractivity contribution in [1.82, 2.24) is 19.9 Å². The van der Waals surface area contributed by atoms with E-state index < -0.39 is 0 Å². The Kier molecular flexibility index (Phi) is 4.55. The molecule has 2 heterocycles. The molecular formula is C12H13ClN4OS. The van der Waals surface area contributed by atoms with Crippen molar-refractivity contribution in [1.29, 1.82) is 0 Å². The molecule has 0 spiro atoms. The van der Waals surface area contributed by atoms with E-state index >= 15 is 0 Å². The molecule has 0 unspecified atom stereocenters. The molecule has 2 aromatic heterocycles. The van der Waals surface area contributed by atoms with E-state index in [-0.39, 0.29) is 11.3 Å². The summed E-state index contributed by atoms with van der Waals surface area (Å²) < 4.78 is 5.23. The second kappa shape index (κ2) is 6.16. The summed E-state index contributed by atoms with van der Waals surface area (Å²) >= 11 is 7.17. The molecule has 0 aromatic carbocycles. The summed E-state index contributed by atoms with van der Waals surface area (Å²) in [5.41, 5.74) is 2.09. The van der Waals surface area contributed by atoms with Gasteiger partial charge in [-0.15, -0.1) is 0 Å². The van der Waals surface area contributed by atoms with E-state index in [4.69, 9.17) is 16.3 Å². The molecule has 0 fully saturated rings. The van der Waals surface area contributed by atoms with E-state index in [0.717, 1.165) is 16.3 Å². The van der Waals surface area contributed by atoms with Gasteiger partial charge in [0.15, 0.2) is 0 Å². The lowest BCUT2D eigenvalue weighted by Gasteiger charge is -2.05. The fraction of sp³-hybridized carbons (Fsp3) is 0.333. The fourth-order valence-corrected chi connectivity index (χ4v) is 2.58. The van der Waals surface area contributed by atoms with Crippen molar-refractivity contribution in [2.24, 2.45) is 0 Å². The van der Waals surface area contributed by atoms with Crippen molar-refractivity contribution < 1.29 is 4.74 Å². The fourth-order valence-electron chi connectivity index (χ4n) is 1.50. The van der Waals surface area contributed by atoms with Crippen LogP contribution in [-0.2, 0) is 0 Å². The number of ether oxygens (including phenoxy) is 1. The summed E-state index contributed by atoms with van der Waals surface area (Å²) in [6, 6.07) is 4.21. The summed E-state index contributed by atoms with van der Waals surface area (Å²) in [7, 11) is 0. The Bertz CT molecular complexity index is 574. The Balaban J connectivity index is 2.27. The van der Waals surface area contributed by atoms with E-state index in [0.29, 0.717) is 11.8 Å². The largest absolute Gasteiger partial charge is 0.464 e. The Morgan fingerprint density at radius 1 is 1.16 bits per heavy atom. The molecular weight excluding hydrogens is 284 g/mol. The highest BCUT2D eigenvalue weighted by molar-refractivity contribution is 7.99. The van der Waals surface area contributed by atoms with Crippen LogP contribution in [0.4, 0.5) is 0 Å². The second-order valence-electron chi connectivity index (χ2n) is 3.83. The van der Waals surface area contributed by atoms with Crippen LogP contribution >= 0.6 is 23.4 Å². The van der Waals surface area contributed by atoms with E-state index in [9.17, 15) is 0 Å². The van der Waals surface area contributed by atoms with Crippen molar-refractivity contribution in [2.45, 2.75) is 31.0 Å². The molecule has 0 radical (unpaired) electrons. The predicted molar refractivity (Wildman–Crippen MR) is 73.8 cm³/mol. The zero-order valence-electron chi connectivity index (χ0n) is 10.8. The normalized spacial score (nSPS) is 10.5. The van der Waals surface area contributed by atoms with Crippen LogP contribution in [0, 0.1) is 13.8 Å². The van der Waals surface area contributed by atoms with Gasteiger partial charge < -0.3 is 4.74 Å². The van der Waals surface area contributed by atoms with Gasteiger partial charge in [-0.05, 0) is 61.8 Å². The van der Waals surface area contributed by atoms with E-state index in [2.05, 4.69) is 19.9 Å². The van der Waals surface area contributed by atoms with Gasteiger partial charge in [0.2, 0.25) is 10.4 Å². The highest BCUT2D eigenvalue weighted by atomic mass is 35.5. The molecule has 0 atom stereocenters. The molecule has 0 amide bonds.